The van der Waals surface area contributed by atoms with Gasteiger partial charge in [0.15, 0.2) is 15.0 Å². The molecule has 0 atom stereocenters. The molecule has 6 nitrogen and oxygen atoms in total. The molecule has 0 unspecified atom stereocenters. The first kappa shape index (κ1) is 21.6. The second-order valence-electron chi connectivity index (χ2n) is 6.74. The summed E-state index contributed by atoms with van der Waals surface area (Å²) in [6, 6.07) is 17.6. The van der Waals surface area contributed by atoms with Crippen molar-refractivity contribution in [2.75, 3.05) is 16.9 Å². The van der Waals surface area contributed by atoms with Crippen LogP contribution in [0.1, 0.15) is 12.2 Å². The average molecular weight is 473 g/mol. The van der Waals surface area contributed by atoms with Gasteiger partial charge in [-0.2, -0.15) is 0 Å². The highest BCUT2D eigenvalue weighted by atomic mass is 32.2. The van der Waals surface area contributed by atoms with E-state index in [0.717, 1.165) is 15.1 Å². The minimum atomic E-state index is -3.56. The Hall–Kier alpha value is -2.62. The third-order valence-electron chi connectivity index (χ3n) is 4.70. The molecule has 2 heterocycles. The highest BCUT2D eigenvalue weighted by Gasteiger charge is 2.24. The van der Waals surface area contributed by atoms with Gasteiger partial charge in [0.25, 0.3) is 0 Å². The molecular formula is C22H20N2O4S3. The average Bonchev–Trinajstić information content (AvgIpc) is 3.45. The van der Waals surface area contributed by atoms with Crippen LogP contribution in [-0.2, 0) is 21.2 Å². The lowest BCUT2D eigenvalue weighted by atomic mass is 10.3. The van der Waals surface area contributed by atoms with Gasteiger partial charge in [-0.25, -0.2) is 13.4 Å². The van der Waals surface area contributed by atoms with Crippen LogP contribution in [0.4, 0.5) is 5.13 Å². The second-order valence-corrected chi connectivity index (χ2v) is 10.7. The largest absolute Gasteiger partial charge is 0.467 e. The fourth-order valence-electron chi connectivity index (χ4n) is 3.11. The van der Waals surface area contributed by atoms with E-state index in [9.17, 15) is 13.2 Å². The van der Waals surface area contributed by atoms with E-state index in [2.05, 4.69) is 0 Å². The highest BCUT2D eigenvalue weighted by Crippen LogP contribution is 2.35. The number of fused-ring (bicyclic) bond motifs is 1. The van der Waals surface area contributed by atoms with Crippen LogP contribution in [0, 0.1) is 0 Å². The number of hydrogen-bond donors (Lipinski definition) is 0. The summed E-state index contributed by atoms with van der Waals surface area (Å²) in [6.07, 6.45) is 3.37. The number of furan rings is 1. The van der Waals surface area contributed by atoms with E-state index in [-0.39, 0.29) is 29.5 Å². The standard InChI is InChI=1S/C22H20N2O4S3/c1-29-18-10-5-11-19-21(18)23-22(30-19)24(15-16-7-6-13-28-16)20(25)12-14-31(26,27)17-8-3-2-4-9-17/h2-11,13H,12,14-15H2,1H3. The van der Waals surface area contributed by atoms with Crippen LogP contribution in [0.3, 0.4) is 0 Å². The minimum Gasteiger partial charge on any atom is -0.467 e. The SMILES string of the molecule is CSc1cccc2sc(N(Cc3ccco3)C(=O)CCS(=O)(=O)c3ccccc3)nc12. The molecule has 0 aliphatic heterocycles. The van der Waals surface area contributed by atoms with Crippen molar-refractivity contribution in [3.8, 4) is 0 Å². The molecule has 0 radical (unpaired) electrons. The van der Waals surface area contributed by atoms with Gasteiger partial charge in [-0.3, -0.25) is 9.69 Å². The van der Waals surface area contributed by atoms with Crippen molar-refractivity contribution in [1.82, 2.24) is 4.98 Å². The van der Waals surface area contributed by atoms with Gasteiger partial charge < -0.3 is 4.42 Å². The number of amides is 1. The Morgan fingerprint density at radius 3 is 2.61 bits per heavy atom. The molecule has 0 spiro atoms. The zero-order valence-corrected chi connectivity index (χ0v) is 19.2. The number of para-hydroxylation sites is 1. The number of nitrogens with zero attached hydrogens (tertiary/aromatic N) is 2. The molecule has 0 saturated heterocycles. The molecular weight excluding hydrogens is 452 g/mol. The summed E-state index contributed by atoms with van der Waals surface area (Å²) in [7, 11) is -3.56. The summed E-state index contributed by atoms with van der Waals surface area (Å²) < 4.78 is 31.7. The highest BCUT2D eigenvalue weighted by molar-refractivity contribution is 7.98. The van der Waals surface area contributed by atoms with E-state index in [1.807, 2.05) is 24.5 Å². The lowest BCUT2D eigenvalue weighted by molar-refractivity contribution is -0.118. The zero-order valence-electron chi connectivity index (χ0n) is 16.7. The number of benzene rings is 2. The maximum atomic E-state index is 13.2. The van der Waals surface area contributed by atoms with Crippen molar-refractivity contribution in [2.24, 2.45) is 0 Å². The topological polar surface area (TPSA) is 80.5 Å². The van der Waals surface area contributed by atoms with Gasteiger partial charge in [0.2, 0.25) is 5.91 Å². The van der Waals surface area contributed by atoms with Crippen LogP contribution >= 0.6 is 23.1 Å². The van der Waals surface area contributed by atoms with E-state index in [1.165, 1.54) is 28.4 Å². The number of carbonyl (C=O) groups excluding carboxylic acids is 1. The summed E-state index contributed by atoms with van der Waals surface area (Å²) in [6.45, 7) is 0.186. The predicted molar refractivity (Wildman–Crippen MR) is 124 cm³/mol. The van der Waals surface area contributed by atoms with E-state index < -0.39 is 9.84 Å². The predicted octanol–water partition coefficient (Wildman–Crippen LogP) is 5.01. The molecule has 31 heavy (non-hydrogen) atoms. The number of hydrogen-bond acceptors (Lipinski definition) is 7. The summed E-state index contributed by atoms with van der Waals surface area (Å²) in [5.41, 5.74) is 0.837. The van der Waals surface area contributed by atoms with E-state index in [0.29, 0.717) is 10.9 Å². The summed E-state index contributed by atoms with van der Waals surface area (Å²) in [5, 5.41) is 0.523. The van der Waals surface area contributed by atoms with Crippen molar-refractivity contribution in [3.05, 3.63) is 72.7 Å². The molecule has 0 aliphatic rings. The lowest BCUT2D eigenvalue weighted by Crippen LogP contribution is -2.31. The maximum absolute atomic E-state index is 13.2. The molecule has 0 saturated carbocycles. The fraction of sp³-hybridized carbons (Fsp3) is 0.182. The van der Waals surface area contributed by atoms with E-state index in [4.69, 9.17) is 9.40 Å². The van der Waals surface area contributed by atoms with E-state index >= 15 is 0 Å². The minimum absolute atomic E-state index is 0.150. The van der Waals surface area contributed by atoms with Gasteiger partial charge in [-0.05, 0) is 42.7 Å². The number of thiazole rings is 1. The molecule has 0 bridgehead atoms. The Labute approximate surface area is 188 Å². The van der Waals surface area contributed by atoms with Crippen molar-refractivity contribution < 1.29 is 17.6 Å². The number of anilines is 1. The van der Waals surface area contributed by atoms with Crippen molar-refractivity contribution in [2.45, 2.75) is 22.8 Å². The van der Waals surface area contributed by atoms with Gasteiger partial charge in [0.1, 0.15) is 5.76 Å². The van der Waals surface area contributed by atoms with Crippen LogP contribution in [-0.4, -0.2) is 31.3 Å². The molecule has 2 aromatic heterocycles. The van der Waals surface area contributed by atoms with Crippen molar-refractivity contribution in [3.63, 3.8) is 0 Å². The van der Waals surface area contributed by atoms with Gasteiger partial charge in [-0.1, -0.05) is 35.6 Å². The Morgan fingerprint density at radius 1 is 1.10 bits per heavy atom. The first-order valence-corrected chi connectivity index (χ1v) is 13.2. The summed E-state index contributed by atoms with van der Waals surface area (Å²) in [4.78, 5) is 20.6. The van der Waals surface area contributed by atoms with Crippen LogP contribution in [0.5, 0.6) is 0 Å². The number of thioether (sulfide) groups is 1. The van der Waals surface area contributed by atoms with Crippen molar-refractivity contribution >= 4 is 54.2 Å². The Balaban J connectivity index is 1.61. The van der Waals surface area contributed by atoms with Crippen LogP contribution in [0.25, 0.3) is 10.2 Å². The smallest absolute Gasteiger partial charge is 0.230 e. The fourth-order valence-corrected chi connectivity index (χ4v) is 6.00. The van der Waals surface area contributed by atoms with Gasteiger partial charge in [-0.15, -0.1) is 11.8 Å². The summed E-state index contributed by atoms with van der Waals surface area (Å²) in [5.74, 6) is 0.00937. The molecule has 4 rings (SSSR count). The van der Waals surface area contributed by atoms with Crippen molar-refractivity contribution in [1.29, 1.82) is 0 Å². The Bertz CT molecular complexity index is 1280. The second kappa shape index (κ2) is 9.25. The van der Waals surface area contributed by atoms with E-state index in [1.54, 1.807) is 48.4 Å². The third kappa shape index (κ3) is 4.84. The molecule has 1 amide bonds. The van der Waals surface area contributed by atoms with Gasteiger partial charge >= 0.3 is 0 Å². The lowest BCUT2D eigenvalue weighted by Gasteiger charge is -2.18. The molecule has 2 aromatic carbocycles. The molecule has 0 aliphatic carbocycles. The van der Waals surface area contributed by atoms with Crippen LogP contribution in [0.2, 0.25) is 0 Å². The first-order valence-electron chi connectivity index (χ1n) is 9.52. The number of sulfone groups is 1. The maximum Gasteiger partial charge on any atom is 0.230 e. The number of aromatic nitrogens is 1. The zero-order chi connectivity index (χ0) is 21.8. The monoisotopic (exact) mass is 472 g/mol. The van der Waals surface area contributed by atoms with Gasteiger partial charge in [0.05, 0.1) is 33.7 Å². The molecule has 4 aromatic rings. The summed E-state index contributed by atoms with van der Waals surface area (Å²) >= 11 is 3.00. The molecule has 0 fully saturated rings. The third-order valence-corrected chi connectivity index (χ3v) is 8.25. The van der Waals surface area contributed by atoms with Gasteiger partial charge in [0, 0.05) is 11.3 Å². The molecule has 9 heteroatoms. The Kier molecular flexibility index (Phi) is 6.45. The molecule has 160 valence electrons. The number of carbonyl (C=O) groups is 1. The first-order chi connectivity index (χ1) is 15.0. The normalized spacial score (nSPS) is 11.6. The Morgan fingerprint density at radius 2 is 1.90 bits per heavy atom. The molecule has 0 N–H and O–H groups in total. The van der Waals surface area contributed by atoms with Crippen LogP contribution < -0.4 is 4.90 Å². The van der Waals surface area contributed by atoms with Crippen LogP contribution in [0.15, 0.2) is 81.1 Å². The quantitative estimate of drug-likeness (QED) is 0.336. The number of rotatable bonds is 8.